The van der Waals surface area contributed by atoms with Crippen LogP contribution in [0.25, 0.3) is 10.9 Å². The molecule has 0 unspecified atom stereocenters. The molecule has 54 heavy (non-hydrogen) atoms. The van der Waals surface area contributed by atoms with E-state index in [-0.39, 0.29) is 18.2 Å². The number of carbonyl (C=O) groups is 3. The van der Waals surface area contributed by atoms with Crippen molar-refractivity contribution >= 4 is 28.8 Å². The molecule has 0 aliphatic heterocycles. The number of H-pyrrole nitrogens is 1. The number of hydrogen-bond donors (Lipinski definition) is 3. The number of fused-ring (bicyclic) bond motifs is 1. The maximum atomic E-state index is 13.5. The maximum absolute atomic E-state index is 13.5. The third kappa shape index (κ3) is 15.2. The normalized spacial score (nSPS) is 11.3. The lowest BCUT2D eigenvalue weighted by Crippen LogP contribution is -2.33. The SMILES string of the molecule is CN(CCc1ccccc1)C(=O)Cc1c(C(=O)NCCCOCCOCCOCCCNC(=O)OC(C)(C)C)[nH]c2ccc(OCc3ccccc3)cc12. The zero-order valence-corrected chi connectivity index (χ0v) is 32.1. The fraction of sp³-hybridized carbons (Fsp3) is 0.452. The molecule has 292 valence electrons. The van der Waals surface area contributed by atoms with E-state index >= 15 is 0 Å². The van der Waals surface area contributed by atoms with Gasteiger partial charge in [0.1, 0.15) is 23.7 Å². The van der Waals surface area contributed by atoms with Gasteiger partial charge in [0.05, 0.1) is 32.8 Å². The second kappa shape index (κ2) is 22.3. The van der Waals surface area contributed by atoms with E-state index in [1.807, 2.05) is 99.6 Å². The molecule has 1 heterocycles. The predicted octanol–water partition coefficient (Wildman–Crippen LogP) is 6.08. The smallest absolute Gasteiger partial charge is 0.407 e. The number of rotatable bonds is 23. The molecule has 0 atom stereocenters. The predicted molar refractivity (Wildman–Crippen MR) is 209 cm³/mol. The summed E-state index contributed by atoms with van der Waals surface area (Å²) >= 11 is 0. The Hall–Kier alpha value is -4.91. The lowest BCUT2D eigenvalue weighted by molar-refractivity contribution is -0.129. The second-order valence-corrected chi connectivity index (χ2v) is 13.9. The first-order chi connectivity index (χ1) is 26.1. The molecule has 3 N–H and O–H groups in total. The van der Waals surface area contributed by atoms with E-state index in [9.17, 15) is 14.4 Å². The summed E-state index contributed by atoms with van der Waals surface area (Å²) in [5, 5.41) is 6.46. The minimum Gasteiger partial charge on any atom is -0.489 e. The average molecular weight is 745 g/mol. The first kappa shape index (κ1) is 41.8. The second-order valence-electron chi connectivity index (χ2n) is 13.9. The Morgan fingerprint density at radius 3 is 1.96 bits per heavy atom. The van der Waals surface area contributed by atoms with Gasteiger partial charge in [0, 0.05) is 56.4 Å². The van der Waals surface area contributed by atoms with Gasteiger partial charge in [-0.15, -0.1) is 0 Å². The zero-order chi connectivity index (χ0) is 38.6. The van der Waals surface area contributed by atoms with Crippen LogP contribution in [0.1, 0.15) is 60.8 Å². The zero-order valence-electron chi connectivity index (χ0n) is 32.1. The van der Waals surface area contributed by atoms with Gasteiger partial charge in [0.2, 0.25) is 5.91 Å². The van der Waals surface area contributed by atoms with E-state index in [0.717, 1.165) is 28.5 Å². The topological polar surface area (TPSA) is 140 Å². The van der Waals surface area contributed by atoms with E-state index in [1.165, 1.54) is 0 Å². The lowest BCUT2D eigenvalue weighted by atomic mass is 10.1. The van der Waals surface area contributed by atoms with Crippen LogP contribution in [0.3, 0.4) is 0 Å². The van der Waals surface area contributed by atoms with Crippen molar-refractivity contribution in [2.24, 2.45) is 0 Å². The Balaban J connectivity index is 1.19. The fourth-order valence-corrected chi connectivity index (χ4v) is 5.47. The summed E-state index contributed by atoms with van der Waals surface area (Å²) in [5.41, 5.74) is 3.44. The quantitative estimate of drug-likeness (QED) is 0.0778. The van der Waals surface area contributed by atoms with Crippen molar-refractivity contribution in [2.45, 2.75) is 58.7 Å². The Labute approximate surface area is 318 Å². The highest BCUT2D eigenvalue weighted by atomic mass is 16.6. The van der Waals surface area contributed by atoms with Gasteiger partial charge < -0.3 is 44.2 Å². The van der Waals surface area contributed by atoms with E-state index < -0.39 is 11.7 Å². The van der Waals surface area contributed by atoms with E-state index in [0.29, 0.717) is 95.7 Å². The minimum absolute atomic E-state index is 0.0651. The molecule has 0 aliphatic carbocycles. The van der Waals surface area contributed by atoms with Crippen molar-refractivity contribution in [3.8, 4) is 5.75 Å². The molecule has 3 aromatic carbocycles. The third-order valence-electron chi connectivity index (χ3n) is 8.31. The number of nitrogens with one attached hydrogen (secondary N) is 3. The number of aromatic amines is 1. The van der Waals surface area contributed by atoms with Crippen molar-refractivity contribution in [3.05, 3.63) is 101 Å². The highest BCUT2D eigenvalue weighted by molar-refractivity contribution is 6.03. The number of hydrogen-bond acceptors (Lipinski definition) is 8. The van der Waals surface area contributed by atoms with Crippen LogP contribution in [0.2, 0.25) is 0 Å². The number of carbonyl (C=O) groups excluding carboxylic acids is 3. The van der Waals surface area contributed by atoms with Crippen LogP contribution in [0, 0.1) is 0 Å². The molecule has 0 bridgehead atoms. The standard InChI is InChI=1S/C42H56N4O8/c1-42(2,3)54-41(49)44-21-12-24-51-26-28-52-27-25-50-23-11-20-43-40(48)39-36(30-38(47)46(4)22-19-32-13-7-5-8-14-32)35-29-34(17-18-37(35)45-39)53-31-33-15-9-6-10-16-33/h5-10,13-18,29,45H,11-12,19-28,30-31H2,1-4H3,(H,43,48)(H,44,49). The van der Waals surface area contributed by atoms with Gasteiger partial charge in [-0.25, -0.2) is 4.79 Å². The molecule has 0 saturated heterocycles. The van der Waals surface area contributed by atoms with Crippen molar-refractivity contribution in [3.63, 3.8) is 0 Å². The van der Waals surface area contributed by atoms with Crippen LogP contribution in [-0.2, 0) is 43.2 Å². The number of benzene rings is 3. The monoisotopic (exact) mass is 744 g/mol. The summed E-state index contributed by atoms with van der Waals surface area (Å²) in [6.45, 7) is 10.0. The summed E-state index contributed by atoms with van der Waals surface area (Å²) in [4.78, 5) is 43.6. The summed E-state index contributed by atoms with van der Waals surface area (Å²) in [6.07, 6.45) is 1.66. The Kier molecular flexibility index (Phi) is 17.3. The highest BCUT2D eigenvalue weighted by Gasteiger charge is 2.22. The van der Waals surface area contributed by atoms with Crippen LogP contribution in [0.4, 0.5) is 4.79 Å². The summed E-state index contributed by atoms with van der Waals surface area (Å²) in [6, 6.07) is 25.6. The largest absolute Gasteiger partial charge is 0.489 e. The van der Waals surface area contributed by atoms with Gasteiger partial charge in [-0.05, 0) is 69.4 Å². The van der Waals surface area contributed by atoms with Crippen molar-refractivity contribution < 1.29 is 38.1 Å². The van der Waals surface area contributed by atoms with Gasteiger partial charge in [0.25, 0.3) is 5.91 Å². The van der Waals surface area contributed by atoms with Gasteiger partial charge in [-0.2, -0.15) is 0 Å². The van der Waals surface area contributed by atoms with Crippen molar-refractivity contribution in [1.29, 1.82) is 0 Å². The van der Waals surface area contributed by atoms with Crippen LogP contribution in [0.15, 0.2) is 78.9 Å². The van der Waals surface area contributed by atoms with Crippen LogP contribution < -0.4 is 15.4 Å². The molecule has 12 nitrogen and oxygen atoms in total. The Morgan fingerprint density at radius 2 is 1.33 bits per heavy atom. The summed E-state index contributed by atoms with van der Waals surface area (Å²) in [7, 11) is 1.80. The number of ether oxygens (including phenoxy) is 5. The van der Waals surface area contributed by atoms with Crippen molar-refractivity contribution in [1.82, 2.24) is 20.5 Å². The molecule has 4 aromatic rings. The Morgan fingerprint density at radius 1 is 0.741 bits per heavy atom. The third-order valence-corrected chi connectivity index (χ3v) is 8.31. The lowest BCUT2D eigenvalue weighted by Gasteiger charge is -2.19. The van der Waals surface area contributed by atoms with Crippen LogP contribution in [-0.4, -0.2) is 99.7 Å². The van der Waals surface area contributed by atoms with Gasteiger partial charge >= 0.3 is 6.09 Å². The first-order valence-corrected chi connectivity index (χ1v) is 18.7. The fourth-order valence-electron chi connectivity index (χ4n) is 5.47. The number of nitrogens with zero attached hydrogens (tertiary/aromatic N) is 1. The average Bonchev–Trinajstić information content (AvgIpc) is 3.51. The van der Waals surface area contributed by atoms with Gasteiger partial charge in [-0.3, -0.25) is 9.59 Å². The molecule has 0 aliphatic rings. The maximum Gasteiger partial charge on any atom is 0.407 e. The minimum atomic E-state index is -0.517. The van der Waals surface area contributed by atoms with E-state index in [1.54, 1.807) is 11.9 Å². The molecule has 3 amide bonds. The molecule has 1 aromatic heterocycles. The van der Waals surface area contributed by atoms with Crippen molar-refractivity contribution in [2.75, 3.05) is 66.3 Å². The van der Waals surface area contributed by atoms with Gasteiger partial charge in [0.15, 0.2) is 0 Å². The summed E-state index contributed by atoms with van der Waals surface area (Å²) < 4.78 is 28.0. The first-order valence-electron chi connectivity index (χ1n) is 18.7. The number of alkyl carbamates (subject to hydrolysis) is 1. The van der Waals surface area contributed by atoms with Crippen LogP contribution in [0.5, 0.6) is 5.75 Å². The molecular formula is C42H56N4O8. The Bertz CT molecular complexity index is 1720. The molecule has 0 radical (unpaired) electrons. The molecule has 12 heteroatoms. The van der Waals surface area contributed by atoms with E-state index in [2.05, 4.69) is 15.6 Å². The molecule has 0 saturated carbocycles. The van der Waals surface area contributed by atoms with Crippen LogP contribution >= 0.6 is 0 Å². The molecule has 4 rings (SSSR count). The number of aromatic nitrogens is 1. The molecule has 0 fully saturated rings. The molecule has 0 spiro atoms. The summed E-state index contributed by atoms with van der Waals surface area (Å²) in [5.74, 6) is 0.296. The van der Waals surface area contributed by atoms with Gasteiger partial charge in [-0.1, -0.05) is 60.7 Å². The number of likely N-dealkylation sites (N-methyl/N-ethyl adjacent to an activating group) is 1. The van der Waals surface area contributed by atoms with E-state index in [4.69, 9.17) is 23.7 Å². The molecular weight excluding hydrogens is 688 g/mol. The highest BCUT2D eigenvalue weighted by Crippen LogP contribution is 2.28. The number of amides is 3.